The lowest BCUT2D eigenvalue weighted by molar-refractivity contribution is 0.481. The van der Waals surface area contributed by atoms with Crippen molar-refractivity contribution in [3.8, 4) is 0 Å². The first kappa shape index (κ1) is 33.3. The average molecular weight is 672 g/mol. The molecule has 18 heteroatoms. The van der Waals surface area contributed by atoms with Gasteiger partial charge in [-0.1, -0.05) is 24.3 Å². The second-order valence-corrected chi connectivity index (χ2v) is 14.4. The average Bonchev–Trinajstić information content (AvgIpc) is 2.97. The van der Waals surface area contributed by atoms with Crippen molar-refractivity contribution in [2.24, 2.45) is 0 Å². The standard InChI is InChI=1S/C27H25N7O8S3/c1-28-21-11-10-18(16-22(21)29-2)43(35,36)30-12-6-9-25-31-26(33-27(32-25)34(3)4)15-17-13-20-19(24(14-17)45(40,41)42)7-5-8-23(20)44(37,38)39/h5,7-8,10-11,13-14,16,30H,6,9,12,15H2,3-4H3,(H,37,38,39)(H,40,41,42). The van der Waals surface area contributed by atoms with Crippen molar-refractivity contribution in [1.29, 1.82) is 0 Å². The Hall–Kier alpha value is -4.56. The van der Waals surface area contributed by atoms with E-state index in [4.69, 9.17) is 13.1 Å². The van der Waals surface area contributed by atoms with Gasteiger partial charge in [0, 0.05) is 44.3 Å². The summed E-state index contributed by atoms with van der Waals surface area (Å²) < 4.78 is 95.9. The Kier molecular flexibility index (Phi) is 9.49. The second-order valence-electron chi connectivity index (χ2n) is 9.81. The molecule has 15 nitrogen and oxygen atoms in total. The van der Waals surface area contributed by atoms with E-state index >= 15 is 0 Å². The SMILES string of the molecule is [C-]#[N+]c1ccc(S(=O)(=O)NCCCc2nc(Cc3cc(S(=O)(=O)O)c4cccc(S(=O)(=O)O)c4c3)nc(N(C)C)n2)cc1[N+]#[C-]. The van der Waals surface area contributed by atoms with Gasteiger partial charge in [-0.3, -0.25) is 18.8 Å². The first-order chi connectivity index (χ1) is 21.0. The van der Waals surface area contributed by atoms with Crippen LogP contribution in [0.4, 0.5) is 17.3 Å². The van der Waals surface area contributed by atoms with E-state index in [2.05, 4.69) is 29.4 Å². The molecule has 234 valence electrons. The molecule has 0 aliphatic heterocycles. The molecule has 0 saturated carbocycles. The number of nitrogens with zero attached hydrogens (tertiary/aromatic N) is 6. The van der Waals surface area contributed by atoms with Crippen molar-refractivity contribution in [3.05, 3.63) is 88.6 Å². The van der Waals surface area contributed by atoms with Crippen LogP contribution in [0.5, 0.6) is 0 Å². The lowest BCUT2D eigenvalue weighted by Gasteiger charge is -2.14. The van der Waals surface area contributed by atoms with Crippen LogP contribution >= 0.6 is 0 Å². The van der Waals surface area contributed by atoms with Gasteiger partial charge in [-0.2, -0.15) is 26.8 Å². The summed E-state index contributed by atoms with van der Waals surface area (Å²) in [6.07, 6.45) is 0.334. The molecule has 0 unspecified atom stereocenters. The molecule has 45 heavy (non-hydrogen) atoms. The van der Waals surface area contributed by atoms with Crippen LogP contribution in [0.25, 0.3) is 20.5 Å². The summed E-state index contributed by atoms with van der Waals surface area (Å²) >= 11 is 0. The molecule has 0 aliphatic rings. The van der Waals surface area contributed by atoms with Crippen LogP contribution in [0.1, 0.15) is 23.6 Å². The van der Waals surface area contributed by atoms with E-state index in [-0.39, 0.29) is 76.0 Å². The van der Waals surface area contributed by atoms with Crippen LogP contribution in [0, 0.1) is 13.1 Å². The second kappa shape index (κ2) is 12.8. The maximum atomic E-state index is 12.7. The summed E-state index contributed by atoms with van der Waals surface area (Å²) in [5.74, 6) is 0.700. The van der Waals surface area contributed by atoms with Crippen LogP contribution in [-0.2, 0) is 43.1 Å². The maximum Gasteiger partial charge on any atom is 0.295 e. The monoisotopic (exact) mass is 671 g/mol. The first-order valence-electron chi connectivity index (χ1n) is 12.8. The Morgan fingerprint density at radius 2 is 1.47 bits per heavy atom. The fraction of sp³-hybridized carbons (Fsp3) is 0.222. The third-order valence-electron chi connectivity index (χ3n) is 6.38. The summed E-state index contributed by atoms with van der Waals surface area (Å²) in [6.45, 7) is 14.2. The van der Waals surface area contributed by atoms with Crippen molar-refractivity contribution >= 4 is 58.4 Å². The van der Waals surface area contributed by atoms with Crippen LogP contribution < -0.4 is 9.62 Å². The fourth-order valence-corrected chi connectivity index (χ4v) is 6.89. The van der Waals surface area contributed by atoms with Gasteiger partial charge in [-0.05, 0) is 36.2 Å². The number of aromatic nitrogens is 3. The molecule has 0 spiro atoms. The zero-order valence-electron chi connectivity index (χ0n) is 23.7. The van der Waals surface area contributed by atoms with Gasteiger partial charge in [0.2, 0.25) is 16.0 Å². The van der Waals surface area contributed by atoms with Gasteiger partial charge >= 0.3 is 0 Å². The van der Waals surface area contributed by atoms with Gasteiger partial charge in [0.25, 0.3) is 20.2 Å². The Morgan fingerprint density at radius 1 is 0.800 bits per heavy atom. The van der Waals surface area contributed by atoms with Gasteiger partial charge in [0.15, 0.2) is 11.4 Å². The van der Waals surface area contributed by atoms with Crippen molar-refractivity contribution in [2.75, 3.05) is 25.5 Å². The van der Waals surface area contributed by atoms with Crippen molar-refractivity contribution in [1.82, 2.24) is 19.7 Å². The minimum absolute atomic E-state index is 0.0145. The largest absolute Gasteiger partial charge is 0.347 e. The van der Waals surface area contributed by atoms with Crippen LogP contribution in [0.2, 0.25) is 0 Å². The number of hydrogen-bond acceptors (Lipinski definition) is 10. The van der Waals surface area contributed by atoms with Gasteiger partial charge < -0.3 is 4.90 Å². The zero-order chi connectivity index (χ0) is 33.2. The molecule has 1 heterocycles. The summed E-state index contributed by atoms with van der Waals surface area (Å²) in [4.78, 5) is 19.9. The lowest BCUT2D eigenvalue weighted by Crippen LogP contribution is -2.25. The number of aryl methyl sites for hydroxylation is 1. The summed E-state index contributed by atoms with van der Waals surface area (Å²) in [7, 11) is -10.2. The number of nitrogens with one attached hydrogen (secondary N) is 1. The molecule has 0 atom stereocenters. The third kappa shape index (κ3) is 7.75. The molecule has 0 amide bonds. The molecule has 4 aromatic rings. The van der Waals surface area contributed by atoms with Crippen LogP contribution in [0.3, 0.4) is 0 Å². The van der Waals surface area contributed by atoms with Gasteiger partial charge in [0.05, 0.1) is 18.0 Å². The molecule has 0 saturated heterocycles. The first-order valence-corrected chi connectivity index (χ1v) is 17.2. The van der Waals surface area contributed by atoms with Crippen molar-refractivity contribution < 1.29 is 34.4 Å². The molecular weight excluding hydrogens is 647 g/mol. The predicted octanol–water partition coefficient (Wildman–Crippen LogP) is 3.19. The normalized spacial score (nSPS) is 12.0. The van der Waals surface area contributed by atoms with Gasteiger partial charge in [-0.15, -0.1) is 0 Å². The minimum Gasteiger partial charge on any atom is -0.347 e. The van der Waals surface area contributed by atoms with E-state index in [0.29, 0.717) is 0 Å². The molecule has 3 aromatic carbocycles. The number of fused-ring (bicyclic) bond motifs is 1. The topological polar surface area (TPSA) is 206 Å². The van der Waals surface area contributed by atoms with Crippen LogP contribution in [-0.4, -0.2) is 70.0 Å². The molecule has 3 N–H and O–H groups in total. The van der Waals surface area contributed by atoms with E-state index in [9.17, 15) is 34.4 Å². The molecule has 0 fully saturated rings. The maximum absolute atomic E-state index is 12.7. The number of sulfonamides is 1. The summed E-state index contributed by atoms with van der Waals surface area (Å²) in [5.41, 5.74) is 0.179. The molecule has 1 aromatic heterocycles. The number of rotatable bonds is 11. The Bertz CT molecular complexity index is 2230. The van der Waals surface area contributed by atoms with E-state index < -0.39 is 40.1 Å². The highest BCUT2D eigenvalue weighted by atomic mass is 32.2. The number of anilines is 1. The highest BCUT2D eigenvalue weighted by Gasteiger charge is 2.22. The van der Waals surface area contributed by atoms with Gasteiger partial charge in [-0.25, -0.2) is 18.1 Å². The highest BCUT2D eigenvalue weighted by Crippen LogP contribution is 2.32. The smallest absolute Gasteiger partial charge is 0.295 e. The molecule has 4 rings (SSSR count). The number of benzene rings is 3. The van der Waals surface area contributed by atoms with E-state index in [1.165, 1.54) is 30.3 Å². The highest BCUT2D eigenvalue weighted by molar-refractivity contribution is 7.89. The quantitative estimate of drug-likeness (QED) is 0.119. The Balaban J connectivity index is 1.60. The Labute approximate surface area is 259 Å². The minimum atomic E-state index is -4.81. The number of hydrogen-bond donors (Lipinski definition) is 3. The van der Waals surface area contributed by atoms with Gasteiger partial charge in [0.1, 0.15) is 21.4 Å². The fourth-order valence-electron chi connectivity index (χ4n) is 4.34. The van der Waals surface area contributed by atoms with E-state index in [0.717, 1.165) is 18.2 Å². The van der Waals surface area contributed by atoms with Crippen molar-refractivity contribution in [3.63, 3.8) is 0 Å². The molecule has 0 aliphatic carbocycles. The van der Waals surface area contributed by atoms with E-state index in [1.54, 1.807) is 19.0 Å². The van der Waals surface area contributed by atoms with Crippen molar-refractivity contribution in [2.45, 2.75) is 33.9 Å². The Morgan fingerprint density at radius 3 is 2.09 bits per heavy atom. The molecular formula is C27H25N7O8S3. The lowest BCUT2D eigenvalue weighted by atomic mass is 10.0. The summed E-state index contributed by atoms with van der Waals surface area (Å²) in [5, 5.41) is -0.247. The predicted molar refractivity (Wildman–Crippen MR) is 163 cm³/mol. The summed E-state index contributed by atoms with van der Waals surface area (Å²) in [6, 6.07) is 9.77. The molecule has 0 bridgehead atoms. The van der Waals surface area contributed by atoms with Crippen LogP contribution in [0.15, 0.2) is 63.2 Å². The van der Waals surface area contributed by atoms with E-state index in [1.807, 2.05) is 0 Å². The third-order valence-corrected chi connectivity index (χ3v) is 9.64. The molecule has 0 radical (unpaired) electrons. The zero-order valence-corrected chi connectivity index (χ0v) is 26.1.